The lowest BCUT2D eigenvalue weighted by Crippen LogP contribution is -2.39. The number of carbonyl (C=O) groups is 2. The van der Waals surface area contributed by atoms with Crippen molar-refractivity contribution in [1.29, 1.82) is 0 Å². The number of carboxylic acids is 1. The Bertz CT molecular complexity index is 525. The van der Waals surface area contributed by atoms with Crippen LogP contribution in [0.25, 0.3) is 0 Å². The van der Waals surface area contributed by atoms with Crippen molar-refractivity contribution in [3.8, 4) is 0 Å². The molecule has 0 aliphatic carbocycles. The zero-order valence-electron chi connectivity index (χ0n) is 11.1. The van der Waals surface area contributed by atoms with E-state index in [0.717, 1.165) is 11.1 Å². The van der Waals surface area contributed by atoms with Gasteiger partial charge in [0.15, 0.2) is 0 Å². The van der Waals surface area contributed by atoms with E-state index in [2.05, 4.69) is 0 Å². The van der Waals surface area contributed by atoms with Crippen LogP contribution in [0.1, 0.15) is 35.3 Å². The van der Waals surface area contributed by atoms with Crippen molar-refractivity contribution in [2.75, 3.05) is 0 Å². The van der Waals surface area contributed by atoms with Crippen LogP contribution in [0.4, 0.5) is 0 Å². The molecule has 2 atom stereocenters. The third kappa shape index (κ3) is 2.61. The maximum Gasteiger partial charge on any atom is 0.335 e. The molecule has 0 saturated heterocycles. The molecule has 5 nitrogen and oxygen atoms in total. The minimum atomic E-state index is -0.948. The molecule has 0 radical (unpaired) electrons. The Labute approximate surface area is 112 Å². The van der Waals surface area contributed by atoms with Gasteiger partial charge >= 0.3 is 5.97 Å². The minimum absolute atomic E-state index is 0.0167. The van der Waals surface area contributed by atoms with E-state index in [4.69, 9.17) is 10.8 Å². The van der Waals surface area contributed by atoms with Gasteiger partial charge in [-0.25, -0.2) is 4.79 Å². The normalized spacial score (nSPS) is 16.9. The quantitative estimate of drug-likeness (QED) is 0.857. The van der Waals surface area contributed by atoms with Crippen LogP contribution in [0.5, 0.6) is 0 Å². The van der Waals surface area contributed by atoms with E-state index < -0.39 is 5.97 Å². The Hall–Kier alpha value is -1.88. The molecule has 0 fully saturated rings. The lowest BCUT2D eigenvalue weighted by atomic mass is 10.0. The van der Waals surface area contributed by atoms with Gasteiger partial charge in [0.05, 0.1) is 11.5 Å². The van der Waals surface area contributed by atoms with Crippen molar-refractivity contribution in [2.24, 2.45) is 11.7 Å². The highest BCUT2D eigenvalue weighted by atomic mass is 16.4. The van der Waals surface area contributed by atoms with Crippen molar-refractivity contribution >= 4 is 11.9 Å². The van der Waals surface area contributed by atoms with Gasteiger partial charge in [0, 0.05) is 19.1 Å². The molecule has 3 N–H and O–H groups in total. The topological polar surface area (TPSA) is 83.6 Å². The second-order valence-electron chi connectivity index (χ2n) is 5.13. The van der Waals surface area contributed by atoms with E-state index in [-0.39, 0.29) is 23.4 Å². The first-order valence-corrected chi connectivity index (χ1v) is 6.29. The molecular weight excluding hydrogens is 244 g/mol. The number of carboxylic acid groups (broad SMARTS) is 1. The smallest absolute Gasteiger partial charge is 0.335 e. The van der Waals surface area contributed by atoms with Crippen molar-refractivity contribution in [3.63, 3.8) is 0 Å². The van der Waals surface area contributed by atoms with E-state index in [1.807, 2.05) is 13.8 Å². The largest absolute Gasteiger partial charge is 0.478 e. The number of fused-ring (bicyclic) bond motifs is 1. The molecule has 0 saturated carbocycles. The van der Waals surface area contributed by atoms with Crippen LogP contribution in [-0.2, 0) is 17.9 Å². The zero-order chi connectivity index (χ0) is 14.2. The van der Waals surface area contributed by atoms with Gasteiger partial charge in [-0.05, 0) is 30.2 Å². The molecule has 1 amide bonds. The number of rotatable bonds is 3. The molecule has 1 heterocycles. The average Bonchev–Trinajstić information content (AvgIpc) is 2.79. The molecule has 1 aromatic rings. The summed E-state index contributed by atoms with van der Waals surface area (Å²) in [6.45, 7) is 4.63. The summed E-state index contributed by atoms with van der Waals surface area (Å²) in [5.74, 6) is -1.16. The highest BCUT2D eigenvalue weighted by molar-refractivity contribution is 5.88. The first-order chi connectivity index (χ1) is 8.90. The number of hydrogen-bond acceptors (Lipinski definition) is 3. The fourth-order valence-electron chi connectivity index (χ4n) is 2.20. The van der Waals surface area contributed by atoms with Crippen molar-refractivity contribution < 1.29 is 14.7 Å². The second-order valence-corrected chi connectivity index (χ2v) is 5.13. The number of carbonyl (C=O) groups excluding carboxylic acids is 1. The van der Waals surface area contributed by atoms with Crippen LogP contribution in [-0.4, -0.2) is 27.9 Å². The number of aromatic carboxylic acids is 1. The Kier molecular flexibility index (Phi) is 3.57. The van der Waals surface area contributed by atoms with E-state index in [9.17, 15) is 9.59 Å². The molecule has 2 unspecified atom stereocenters. The van der Waals surface area contributed by atoms with Gasteiger partial charge < -0.3 is 15.7 Å². The van der Waals surface area contributed by atoms with Gasteiger partial charge in [0.25, 0.3) is 0 Å². The molecule has 0 spiro atoms. The van der Waals surface area contributed by atoms with Gasteiger partial charge in [0.2, 0.25) is 5.91 Å². The van der Waals surface area contributed by atoms with Gasteiger partial charge in [0.1, 0.15) is 0 Å². The number of hydrogen-bond donors (Lipinski definition) is 2. The summed E-state index contributed by atoms with van der Waals surface area (Å²) in [5.41, 5.74) is 7.92. The molecule has 0 bridgehead atoms. The van der Waals surface area contributed by atoms with Gasteiger partial charge in [-0.15, -0.1) is 0 Å². The Balaban J connectivity index is 2.16. The monoisotopic (exact) mass is 262 g/mol. The predicted molar refractivity (Wildman–Crippen MR) is 70.5 cm³/mol. The van der Waals surface area contributed by atoms with E-state index >= 15 is 0 Å². The van der Waals surface area contributed by atoms with E-state index in [0.29, 0.717) is 13.1 Å². The van der Waals surface area contributed by atoms with Crippen molar-refractivity contribution in [1.82, 2.24) is 4.90 Å². The van der Waals surface area contributed by atoms with Crippen LogP contribution in [0.15, 0.2) is 18.2 Å². The zero-order valence-corrected chi connectivity index (χ0v) is 11.1. The van der Waals surface area contributed by atoms with Crippen LogP contribution in [0, 0.1) is 5.92 Å². The molecule has 1 aromatic carbocycles. The first-order valence-electron chi connectivity index (χ1n) is 6.29. The number of benzene rings is 1. The Morgan fingerprint density at radius 2 is 1.89 bits per heavy atom. The van der Waals surface area contributed by atoms with E-state index in [1.165, 1.54) is 0 Å². The Morgan fingerprint density at radius 3 is 2.47 bits per heavy atom. The molecule has 2 rings (SSSR count). The number of nitrogens with two attached hydrogens (primary N) is 1. The molecule has 1 aliphatic rings. The molecular formula is C14H18N2O3. The van der Waals surface area contributed by atoms with Gasteiger partial charge in [-0.1, -0.05) is 13.0 Å². The standard InChI is InChI=1S/C14H18N2O3/c1-8(9(2)15)13(17)16-6-11-4-3-10(14(18)19)5-12(11)7-16/h3-5,8-9H,6-7,15H2,1-2H3,(H,18,19). The average molecular weight is 262 g/mol. The van der Waals surface area contributed by atoms with Crippen LogP contribution < -0.4 is 5.73 Å². The highest BCUT2D eigenvalue weighted by Crippen LogP contribution is 2.25. The first kappa shape index (κ1) is 13.5. The fraction of sp³-hybridized carbons (Fsp3) is 0.429. The summed E-state index contributed by atoms with van der Waals surface area (Å²) in [6.07, 6.45) is 0. The van der Waals surface area contributed by atoms with Crippen molar-refractivity contribution in [2.45, 2.75) is 33.0 Å². The maximum atomic E-state index is 12.2. The molecule has 102 valence electrons. The van der Waals surface area contributed by atoms with Crippen LogP contribution in [0.3, 0.4) is 0 Å². The fourth-order valence-corrected chi connectivity index (χ4v) is 2.20. The summed E-state index contributed by atoms with van der Waals surface area (Å²) in [4.78, 5) is 24.8. The number of amides is 1. The van der Waals surface area contributed by atoms with Crippen LogP contribution in [0.2, 0.25) is 0 Å². The molecule has 19 heavy (non-hydrogen) atoms. The summed E-state index contributed by atoms with van der Waals surface area (Å²) in [5, 5.41) is 8.96. The van der Waals surface area contributed by atoms with E-state index in [1.54, 1.807) is 23.1 Å². The molecule has 1 aliphatic heterocycles. The summed E-state index contributed by atoms with van der Waals surface area (Å²) in [6, 6.07) is 4.81. The van der Waals surface area contributed by atoms with Crippen LogP contribution >= 0.6 is 0 Å². The third-order valence-corrected chi connectivity index (χ3v) is 3.67. The van der Waals surface area contributed by atoms with Gasteiger partial charge in [-0.3, -0.25) is 4.79 Å². The SMILES string of the molecule is CC(N)C(C)C(=O)N1Cc2ccc(C(=O)O)cc2C1. The van der Waals surface area contributed by atoms with Crippen molar-refractivity contribution in [3.05, 3.63) is 34.9 Å². The summed E-state index contributed by atoms with van der Waals surface area (Å²) < 4.78 is 0. The lowest BCUT2D eigenvalue weighted by Gasteiger charge is -2.22. The minimum Gasteiger partial charge on any atom is -0.478 e. The summed E-state index contributed by atoms with van der Waals surface area (Å²) >= 11 is 0. The van der Waals surface area contributed by atoms with Gasteiger partial charge in [-0.2, -0.15) is 0 Å². The summed E-state index contributed by atoms with van der Waals surface area (Å²) in [7, 11) is 0. The highest BCUT2D eigenvalue weighted by Gasteiger charge is 2.28. The third-order valence-electron chi connectivity index (χ3n) is 3.67. The number of nitrogens with zero attached hydrogens (tertiary/aromatic N) is 1. The molecule has 5 heteroatoms. The predicted octanol–water partition coefficient (Wildman–Crippen LogP) is 1.21. The molecule has 0 aromatic heterocycles. The lowest BCUT2D eigenvalue weighted by molar-refractivity contribution is -0.136. The Morgan fingerprint density at radius 1 is 1.26 bits per heavy atom. The second kappa shape index (κ2) is 5.01. The maximum absolute atomic E-state index is 12.2.